The van der Waals surface area contributed by atoms with Crippen molar-refractivity contribution >= 4 is 11.8 Å². The van der Waals surface area contributed by atoms with Gasteiger partial charge in [-0.1, -0.05) is 20.8 Å². The molecule has 1 unspecified atom stereocenters. The van der Waals surface area contributed by atoms with E-state index in [2.05, 4.69) is 0 Å². The third-order valence-corrected chi connectivity index (χ3v) is 3.63. The van der Waals surface area contributed by atoms with Gasteiger partial charge < -0.3 is 0 Å². The third-order valence-electron chi connectivity index (χ3n) is 3.63. The monoisotopic (exact) mass is 211 g/mol. The molecule has 15 heavy (non-hydrogen) atoms. The van der Waals surface area contributed by atoms with E-state index in [0.29, 0.717) is 6.42 Å². The minimum Gasteiger partial charge on any atom is -0.280 e. The van der Waals surface area contributed by atoms with Gasteiger partial charge in [0.15, 0.2) is 0 Å². The highest BCUT2D eigenvalue weighted by molar-refractivity contribution is 6.06. The van der Waals surface area contributed by atoms with Crippen LogP contribution in [0.1, 0.15) is 47.5 Å². The third kappa shape index (κ3) is 1.68. The van der Waals surface area contributed by atoms with Crippen LogP contribution in [0, 0.1) is 11.3 Å². The Labute approximate surface area is 91.8 Å². The Morgan fingerprint density at radius 1 is 1.27 bits per heavy atom. The van der Waals surface area contributed by atoms with E-state index in [9.17, 15) is 9.59 Å². The van der Waals surface area contributed by atoms with Crippen molar-refractivity contribution < 1.29 is 9.59 Å². The predicted octanol–water partition coefficient (Wildman–Crippen LogP) is 2.21. The van der Waals surface area contributed by atoms with E-state index in [1.165, 1.54) is 4.90 Å². The molecular weight excluding hydrogens is 190 g/mol. The van der Waals surface area contributed by atoms with E-state index in [1.54, 1.807) is 0 Å². The maximum absolute atomic E-state index is 12.3. The minimum atomic E-state index is -0.443. The number of carbonyl (C=O) groups is 2. The summed E-state index contributed by atoms with van der Waals surface area (Å²) in [5.74, 6) is 0.244. The van der Waals surface area contributed by atoms with Crippen molar-refractivity contribution in [2.24, 2.45) is 11.3 Å². The van der Waals surface area contributed by atoms with Crippen LogP contribution in [-0.4, -0.2) is 22.8 Å². The first-order valence-corrected chi connectivity index (χ1v) is 5.73. The Bertz CT molecular complexity index is 283. The van der Waals surface area contributed by atoms with E-state index in [0.717, 1.165) is 6.42 Å². The maximum Gasteiger partial charge on any atom is 0.236 e. The van der Waals surface area contributed by atoms with Gasteiger partial charge in [0.1, 0.15) is 0 Å². The molecule has 1 rings (SSSR count). The summed E-state index contributed by atoms with van der Waals surface area (Å²) in [7, 11) is 0. The van der Waals surface area contributed by atoms with Gasteiger partial charge in [-0.15, -0.1) is 0 Å². The summed E-state index contributed by atoms with van der Waals surface area (Å²) in [5.41, 5.74) is -0.443. The molecule has 1 fully saturated rings. The Morgan fingerprint density at radius 3 is 2.00 bits per heavy atom. The molecule has 0 radical (unpaired) electrons. The summed E-state index contributed by atoms with van der Waals surface area (Å²) in [5, 5.41) is 0. The van der Waals surface area contributed by atoms with E-state index < -0.39 is 5.41 Å². The molecule has 1 saturated heterocycles. The second kappa shape index (κ2) is 3.95. The Morgan fingerprint density at radius 2 is 1.80 bits per heavy atom. The zero-order valence-electron chi connectivity index (χ0n) is 10.3. The Hall–Kier alpha value is -0.860. The average Bonchev–Trinajstić information content (AvgIpc) is 2.38. The molecule has 1 aliphatic rings. The van der Waals surface area contributed by atoms with E-state index >= 15 is 0 Å². The first kappa shape index (κ1) is 12.2. The molecule has 0 bridgehead atoms. The quantitative estimate of drug-likeness (QED) is 0.671. The number of carbonyl (C=O) groups excluding carboxylic acids is 2. The van der Waals surface area contributed by atoms with Crippen molar-refractivity contribution in [1.29, 1.82) is 0 Å². The lowest BCUT2D eigenvalue weighted by Gasteiger charge is -2.30. The maximum atomic E-state index is 12.3. The topological polar surface area (TPSA) is 37.4 Å². The second-order valence-electron chi connectivity index (χ2n) is 5.00. The first-order chi connectivity index (χ1) is 6.86. The van der Waals surface area contributed by atoms with Crippen LogP contribution < -0.4 is 0 Å². The molecule has 1 atom stereocenters. The second-order valence-corrected chi connectivity index (χ2v) is 5.00. The lowest BCUT2D eigenvalue weighted by Crippen LogP contribution is -2.41. The molecule has 0 spiro atoms. The number of nitrogens with zero attached hydrogens (tertiary/aromatic N) is 1. The predicted molar refractivity (Wildman–Crippen MR) is 59.2 cm³/mol. The van der Waals surface area contributed by atoms with Gasteiger partial charge in [0.25, 0.3) is 0 Å². The smallest absolute Gasteiger partial charge is 0.236 e. The minimum absolute atomic E-state index is 0.00875. The van der Waals surface area contributed by atoms with Gasteiger partial charge in [0, 0.05) is 12.5 Å². The molecule has 1 heterocycles. The van der Waals surface area contributed by atoms with E-state index in [1.807, 2.05) is 34.6 Å². The normalized spacial score (nSPS) is 27.3. The summed E-state index contributed by atoms with van der Waals surface area (Å²) < 4.78 is 0. The van der Waals surface area contributed by atoms with Crippen molar-refractivity contribution in [3.05, 3.63) is 0 Å². The van der Waals surface area contributed by atoms with Crippen molar-refractivity contribution in [1.82, 2.24) is 4.90 Å². The van der Waals surface area contributed by atoms with Crippen LogP contribution in [0.15, 0.2) is 0 Å². The molecule has 0 aromatic rings. The van der Waals surface area contributed by atoms with Crippen LogP contribution >= 0.6 is 0 Å². The molecule has 3 heteroatoms. The van der Waals surface area contributed by atoms with Gasteiger partial charge in [-0.25, -0.2) is 0 Å². The molecule has 0 N–H and O–H groups in total. The number of amides is 2. The molecule has 86 valence electrons. The number of imide groups is 1. The Balaban J connectivity index is 3.08. The van der Waals surface area contributed by atoms with E-state index in [4.69, 9.17) is 0 Å². The zero-order chi connectivity index (χ0) is 11.8. The molecule has 2 amide bonds. The SMILES string of the molecule is CCC1(C(C)C)CC(=O)N(C(C)C)C1=O. The zero-order valence-corrected chi connectivity index (χ0v) is 10.3. The van der Waals surface area contributed by atoms with Crippen LogP contribution in [-0.2, 0) is 9.59 Å². The summed E-state index contributed by atoms with van der Waals surface area (Å²) in [6.45, 7) is 9.83. The fourth-order valence-electron chi connectivity index (χ4n) is 2.44. The molecule has 3 nitrogen and oxygen atoms in total. The molecule has 1 aliphatic heterocycles. The van der Waals surface area contributed by atoms with Gasteiger partial charge in [-0.3, -0.25) is 14.5 Å². The van der Waals surface area contributed by atoms with Crippen molar-refractivity contribution in [2.75, 3.05) is 0 Å². The lowest BCUT2D eigenvalue weighted by atomic mass is 9.73. The van der Waals surface area contributed by atoms with Gasteiger partial charge >= 0.3 is 0 Å². The van der Waals surface area contributed by atoms with Crippen LogP contribution in [0.25, 0.3) is 0 Å². The standard InChI is InChI=1S/C12H21NO2/c1-6-12(8(2)3)7-10(14)13(9(4)5)11(12)15/h8-9H,6-7H2,1-5H3. The largest absolute Gasteiger partial charge is 0.280 e. The molecular formula is C12H21NO2. The van der Waals surface area contributed by atoms with Crippen molar-refractivity contribution in [2.45, 2.75) is 53.5 Å². The van der Waals surface area contributed by atoms with E-state index in [-0.39, 0.29) is 23.8 Å². The van der Waals surface area contributed by atoms with Gasteiger partial charge in [-0.05, 0) is 26.2 Å². The van der Waals surface area contributed by atoms with Crippen LogP contribution in [0.3, 0.4) is 0 Å². The average molecular weight is 211 g/mol. The molecule has 0 saturated carbocycles. The summed E-state index contributed by atoms with van der Waals surface area (Å²) >= 11 is 0. The molecule has 0 aromatic heterocycles. The summed E-state index contributed by atoms with van der Waals surface area (Å²) in [6, 6.07) is -0.0165. The Kier molecular flexibility index (Phi) is 3.22. The van der Waals surface area contributed by atoms with Gasteiger partial charge in [-0.2, -0.15) is 0 Å². The first-order valence-electron chi connectivity index (χ1n) is 5.73. The number of hydrogen-bond donors (Lipinski definition) is 0. The highest BCUT2D eigenvalue weighted by Gasteiger charge is 2.52. The van der Waals surface area contributed by atoms with Crippen molar-refractivity contribution in [3.63, 3.8) is 0 Å². The number of rotatable bonds is 3. The van der Waals surface area contributed by atoms with Crippen LogP contribution in [0.4, 0.5) is 0 Å². The van der Waals surface area contributed by atoms with Crippen molar-refractivity contribution in [3.8, 4) is 0 Å². The summed E-state index contributed by atoms with van der Waals surface area (Å²) in [6.07, 6.45) is 1.14. The fourth-order valence-corrected chi connectivity index (χ4v) is 2.44. The number of hydrogen-bond acceptors (Lipinski definition) is 2. The molecule has 0 aliphatic carbocycles. The fraction of sp³-hybridized carbons (Fsp3) is 0.833. The van der Waals surface area contributed by atoms with Gasteiger partial charge in [0.2, 0.25) is 11.8 Å². The summed E-state index contributed by atoms with van der Waals surface area (Å²) in [4.78, 5) is 25.5. The van der Waals surface area contributed by atoms with Crippen LogP contribution in [0.2, 0.25) is 0 Å². The highest BCUT2D eigenvalue weighted by atomic mass is 16.2. The highest BCUT2D eigenvalue weighted by Crippen LogP contribution is 2.43. The van der Waals surface area contributed by atoms with Gasteiger partial charge in [0.05, 0.1) is 5.41 Å². The number of likely N-dealkylation sites (tertiary alicyclic amines) is 1. The lowest BCUT2D eigenvalue weighted by molar-refractivity contribution is -0.144. The van der Waals surface area contributed by atoms with Crippen LogP contribution in [0.5, 0.6) is 0 Å². The molecule has 0 aromatic carbocycles.